The fourth-order valence-electron chi connectivity index (χ4n) is 2.88. The molecular weight excluding hydrogens is 240 g/mol. The van der Waals surface area contributed by atoms with Crippen molar-refractivity contribution in [1.29, 1.82) is 0 Å². The molecule has 0 saturated heterocycles. The second-order valence-corrected chi connectivity index (χ2v) is 6.21. The first-order chi connectivity index (χ1) is 8.93. The van der Waals surface area contributed by atoms with E-state index in [9.17, 15) is 9.90 Å². The Bertz CT molecular complexity index is 307. The van der Waals surface area contributed by atoms with Gasteiger partial charge in [0, 0.05) is 6.42 Å². The van der Waals surface area contributed by atoms with E-state index in [1.54, 1.807) is 0 Å². The van der Waals surface area contributed by atoms with Crippen LogP contribution in [0.4, 0.5) is 0 Å². The van der Waals surface area contributed by atoms with Crippen molar-refractivity contribution in [2.45, 2.75) is 70.8 Å². The van der Waals surface area contributed by atoms with Crippen LogP contribution in [0.15, 0.2) is 12.2 Å². The largest absolute Gasteiger partial charge is 0.481 e. The molecule has 1 saturated carbocycles. The Hall–Kier alpha value is -0.830. The molecule has 0 aromatic carbocycles. The molecule has 2 N–H and O–H groups in total. The number of carboxylic acids is 1. The average molecular weight is 268 g/mol. The highest BCUT2D eigenvalue weighted by Gasteiger charge is 2.25. The van der Waals surface area contributed by atoms with Crippen LogP contribution >= 0.6 is 0 Å². The lowest BCUT2D eigenvalue weighted by molar-refractivity contribution is -0.138. The highest BCUT2D eigenvalue weighted by atomic mass is 16.4. The normalized spacial score (nSPS) is 26.7. The van der Waals surface area contributed by atoms with Crippen LogP contribution in [0.2, 0.25) is 0 Å². The van der Waals surface area contributed by atoms with E-state index in [0.29, 0.717) is 11.8 Å². The first kappa shape index (κ1) is 16.2. The van der Waals surface area contributed by atoms with Crippen LogP contribution in [-0.4, -0.2) is 21.8 Å². The molecule has 110 valence electrons. The number of carbonyl (C=O) groups is 1. The smallest absolute Gasteiger partial charge is 0.303 e. The number of hydrogen-bond donors (Lipinski definition) is 2. The van der Waals surface area contributed by atoms with Gasteiger partial charge in [-0.25, -0.2) is 0 Å². The van der Waals surface area contributed by atoms with Crippen molar-refractivity contribution in [2.24, 2.45) is 11.8 Å². The fourth-order valence-corrected chi connectivity index (χ4v) is 2.88. The van der Waals surface area contributed by atoms with Crippen molar-refractivity contribution < 1.29 is 15.0 Å². The number of aliphatic carboxylic acids is 1. The standard InChI is InChI=1S/C16H28O3/c1-3-4-5-9-16(2,19)10-8-13-6-7-14(11-13)12-15(17)18/h8,10,13-14,19H,3-7,9,11-12H2,1-2H3,(H,17,18)/t13-,14+,16?/m1/s1. The molecule has 3 nitrogen and oxygen atoms in total. The van der Waals surface area contributed by atoms with E-state index in [4.69, 9.17) is 5.11 Å². The molecule has 3 heteroatoms. The summed E-state index contributed by atoms with van der Waals surface area (Å²) in [6.45, 7) is 4.02. The van der Waals surface area contributed by atoms with Crippen molar-refractivity contribution in [3.05, 3.63) is 12.2 Å². The highest BCUT2D eigenvalue weighted by Crippen LogP contribution is 2.34. The average Bonchev–Trinajstić information content (AvgIpc) is 2.74. The summed E-state index contributed by atoms with van der Waals surface area (Å²) in [6, 6.07) is 0. The lowest BCUT2D eigenvalue weighted by Gasteiger charge is -2.19. The van der Waals surface area contributed by atoms with Gasteiger partial charge in [0.25, 0.3) is 0 Å². The van der Waals surface area contributed by atoms with E-state index in [1.165, 1.54) is 6.42 Å². The molecule has 0 bridgehead atoms. The summed E-state index contributed by atoms with van der Waals surface area (Å²) in [7, 11) is 0. The Morgan fingerprint density at radius 2 is 2.11 bits per heavy atom. The van der Waals surface area contributed by atoms with Gasteiger partial charge in [0.2, 0.25) is 0 Å². The van der Waals surface area contributed by atoms with Gasteiger partial charge in [0.15, 0.2) is 0 Å². The molecule has 0 aromatic rings. The van der Waals surface area contributed by atoms with Gasteiger partial charge >= 0.3 is 5.97 Å². The number of hydrogen-bond acceptors (Lipinski definition) is 2. The van der Waals surface area contributed by atoms with Gasteiger partial charge in [-0.05, 0) is 44.4 Å². The molecular formula is C16H28O3. The SMILES string of the molecule is CCCCCC(C)(O)C=C[C@H]1CC[C@H](CC(=O)O)C1. The van der Waals surface area contributed by atoms with E-state index in [0.717, 1.165) is 38.5 Å². The highest BCUT2D eigenvalue weighted by molar-refractivity contribution is 5.67. The molecule has 0 radical (unpaired) electrons. The first-order valence-corrected chi connectivity index (χ1v) is 7.56. The first-order valence-electron chi connectivity index (χ1n) is 7.56. The van der Waals surface area contributed by atoms with Crippen LogP contribution in [-0.2, 0) is 4.79 Å². The molecule has 0 aliphatic heterocycles. The maximum absolute atomic E-state index is 10.7. The summed E-state index contributed by atoms with van der Waals surface area (Å²) in [4.78, 5) is 10.7. The van der Waals surface area contributed by atoms with E-state index in [2.05, 4.69) is 13.0 Å². The monoisotopic (exact) mass is 268 g/mol. The second kappa shape index (κ2) is 7.68. The summed E-state index contributed by atoms with van der Waals surface area (Å²) in [5.74, 6) is 0.0698. The molecule has 0 heterocycles. The van der Waals surface area contributed by atoms with Gasteiger partial charge < -0.3 is 10.2 Å². The van der Waals surface area contributed by atoms with E-state index >= 15 is 0 Å². The summed E-state index contributed by atoms with van der Waals surface area (Å²) >= 11 is 0. The molecule has 1 fully saturated rings. The maximum atomic E-state index is 10.7. The molecule has 19 heavy (non-hydrogen) atoms. The van der Waals surface area contributed by atoms with Gasteiger partial charge in [0.1, 0.15) is 0 Å². The predicted molar refractivity (Wildman–Crippen MR) is 77.0 cm³/mol. The number of unbranched alkanes of at least 4 members (excludes halogenated alkanes) is 2. The summed E-state index contributed by atoms with van der Waals surface area (Å²) in [6.07, 6.45) is 11.5. The Morgan fingerprint density at radius 3 is 2.74 bits per heavy atom. The number of rotatable bonds is 8. The van der Waals surface area contributed by atoms with Crippen LogP contribution in [0.3, 0.4) is 0 Å². The van der Waals surface area contributed by atoms with E-state index < -0.39 is 11.6 Å². The van der Waals surface area contributed by atoms with Crippen molar-refractivity contribution in [3.63, 3.8) is 0 Å². The minimum absolute atomic E-state index is 0.289. The fraction of sp³-hybridized carbons (Fsp3) is 0.812. The summed E-state index contributed by atoms with van der Waals surface area (Å²) in [5, 5.41) is 19.0. The molecule has 1 rings (SSSR count). The topological polar surface area (TPSA) is 57.5 Å². The Kier molecular flexibility index (Phi) is 6.56. The van der Waals surface area contributed by atoms with Crippen LogP contribution in [0, 0.1) is 11.8 Å². The van der Waals surface area contributed by atoms with Crippen molar-refractivity contribution in [2.75, 3.05) is 0 Å². The van der Waals surface area contributed by atoms with Crippen molar-refractivity contribution in [3.8, 4) is 0 Å². The van der Waals surface area contributed by atoms with Crippen LogP contribution in [0.5, 0.6) is 0 Å². The zero-order valence-corrected chi connectivity index (χ0v) is 12.3. The Balaban J connectivity index is 2.34. The van der Waals surface area contributed by atoms with E-state index in [-0.39, 0.29) is 6.42 Å². The molecule has 3 atom stereocenters. The molecule has 0 amide bonds. The molecule has 1 aliphatic rings. The number of aliphatic hydroxyl groups is 1. The lowest BCUT2D eigenvalue weighted by Crippen LogP contribution is -2.20. The van der Waals surface area contributed by atoms with Gasteiger partial charge in [-0.15, -0.1) is 0 Å². The zero-order valence-electron chi connectivity index (χ0n) is 12.3. The van der Waals surface area contributed by atoms with Gasteiger partial charge in [-0.2, -0.15) is 0 Å². The minimum atomic E-state index is -0.708. The van der Waals surface area contributed by atoms with Crippen LogP contribution in [0.1, 0.15) is 65.2 Å². The number of allylic oxidation sites excluding steroid dienone is 1. The van der Waals surface area contributed by atoms with E-state index in [1.807, 2.05) is 13.0 Å². The quantitative estimate of drug-likeness (QED) is 0.520. The van der Waals surface area contributed by atoms with Crippen LogP contribution < -0.4 is 0 Å². The third-order valence-corrected chi connectivity index (χ3v) is 4.06. The second-order valence-electron chi connectivity index (χ2n) is 6.21. The van der Waals surface area contributed by atoms with Gasteiger partial charge in [-0.1, -0.05) is 38.3 Å². The molecule has 0 aromatic heterocycles. The van der Waals surface area contributed by atoms with Crippen molar-refractivity contribution >= 4 is 5.97 Å². The molecule has 1 unspecified atom stereocenters. The predicted octanol–water partition coefficient (Wildman–Crippen LogP) is 3.76. The minimum Gasteiger partial charge on any atom is -0.481 e. The lowest BCUT2D eigenvalue weighted by atomic mass is 9.95. The Labute approximate surface area is 116 Å². The Morgan fingerprint density at radius 1 is 1.37 bits per heavy atom. The van der Waals surface area contributed by atoms with Crippen LogP contribution in [0.25, 0.3) is 0 Å². The van der Waals surface area contributed by atoms with Gasteiger partial charge in [-0.3, -0.25) is 4.79 Å². The number of carboxylic acid groups (broad SMARTS) is 1. The van der Waals surface area contributed by atoms with Gasteiger partial charge in [0.05, 0.1) is 5.60 Å². The summed E-state index contributed by atoms with van der Waals surface area (Å²) in [5.41, 5.74) is -0.708. The third-order valence-electron chi connectivity index (χ3n) is 4.06. The maximum Gasteiger partial charge on any atom is 0.303 e. The van der Waals surface area contributed by atoms with Crippen molar-refractivity contribution in [1.82, 2.24) is 0 Å². The molecule has 1 aliphatic carbocycles. The summed E-state index contributed by atoms with van der Waals surface area (Å²) < 4.78 is 0. The zero-order chi connectivity index (χ0) is 14.3. The molecule has 0 spiro atoms. The third kappa shape index (κ3) is 6.76.